The molecule has 1 aliphatic heterocycles. The molecule has 1 saturated heterocycles. The van der Waals surface area contributed by atoms with Gasteiger partial charge < -0.3 is 30.0 Å². The Balaban J connectivity index is 1.41. The molecule has 2 aromatic carbocycles. The zero-order chi connectivity index (χ0) is 23.0. The molecule has 10 heteroatoms. The van der Waals surface area contributed by atoms with Crippen LogP contribution in [0, 0.1) is 6.92 Å². The number of hydrogen-bond acceptors (Lipinski definition) is 10. The maximum atomic E-state index is 9.90. The van der Waals surface area contributed by atoms with E-state index in [0.717, 1.165) is 44.1 Å². The monoisotopic (exact) mass is 452 g/mol. The minimum absolute atomic E-state index is 0.201. The number of aromatic hydroxyl groups is 1. The van der Waals surface area contributed by atoms with E-state index in [4.69, 9.17) is 14.2 Å². The Morgan fingerprint density at radius 1 is 1.00 bits per heavy atom. The Kier molecular flexibility index (Phi) is 7.38. The van der Waals surface area contributed by atoms with E-state index in [9.17, 15) is 5.11 Å². The summed E-state index contributed by atoms with van der Waals surface area (Å²) in [5.74, 6) is 2.21. The van der Waals surface area contributed by atoms with Crippen LogP contribution in [0.2, 0.25) is 0 Å². The molecule has 10 nitrogen and oxygen atoms in total. The molecule has 0 bridgehead atoms. The van der Waals surface area contributed by atoms with Crippen LogP contribution >= 0.6 is 0 Å². The molecule has 0 amide bonds. The molecule has 3 N–H and O–H groups in total. The minimum atomic E-state index is 0.201. The van der Waals surface area contributed by atoms with Crippen molar-refractivity contribution in [2.45, 2.75) is 6.92 Å². The Morgan fingerprint density at radius 2 is 1.70 bits per heavy atom. The van der Waals surface area contributed by atoms with Gasteiger partial charge in [-0.05, 0) is 30.7 Å². The van der Waals surface area contributed by atoms with E-state index in [1.165, 1.54) is 6.33 Å². The maximum absolute atomic E-state index is 9.90. The van der Waals surface area contributed by atoms with E-state index in [1.54, 1.807) is 13.2 Å². The average Bonchev–Trinajstić information content (AvgIpc) is 2.83. The molecule has 1 fully saturated rings. The fraction of sp³-hybridized carbons (Fsp3) is 0.348. The lowest BCUT2D eigenvalue weighted by Gasteiger charge is -2.26. The highest BCUT2D eigenvalue weighted by atomic mass is 16.5. The summed E-state index contributed by atoms with van der Waals surface area (Å²) in [7, 11) is 1.62. The van der Waals surface area contributed by atoms with Crippen LogP contribution in [-0.2, 0) is 4.74 Å². The number of phenols is 1. The number of aryl methyl sites for hydroxylation is 1. The van der Waals surface area contributed by atoms with Crippen LogP contribution in [0.3, 0.4) is 0 Å². The SMILES string of the molecule is COc1ccc(Nc2ncnc(Nc3ccc(C)c(O)c3)n2)cc1OCCN1CCOCC1. The van der Waals surface area contributed by atoms with E-state index in [-0.39, 0.29) is 5.75 Å². The van der Waals surface area contributed by atoms with Gasteiger partial charge in [0.05, 0.1) is 20.3 Å². The molecule has 0 aliphatic carbocycles. The lowest BCUT2D eigenvalue weighted by Crippen LogP contribution is -2.38. The molecular formula is C23H28N6O4. The molecule has 2 heterocycles. The standard InChI is InChI=1S/C23H28N6O4/c1-16-3-4-17(13-19(16)30)26-22-24-15-25-23(28-22)27-18-5-6-20(31-2)21(14-18)33-12-9-29-7-10-32-11-8-29/h3-6,13-15,30H,7-12H2,1-2H3,(H2,24,25,26,27,28). The van der Waals surface area contributed by atoms with Crippen LogP contribution in [0.1, 0.15) is 5.56 Å². The van der Waals surface area contributed by atoms with Crippen molar-refractivity contribution in [2.75, 3.05) is 57.2 Å². The number of morpholine rings is 1. The average molecular weight is 453 g/mol. The number of aromatic nitrogens is 3. The van der Waals surface area contributed by atoms with Gasteiger partial charge in [0.25, 0.3) is 0 Å². The number of anilines is 4. The maximum Gasteiger partial charge on any atom is 0.232 e. The van der Waals surface area contributed by atoms with Gasteiger partial charge in [-0.3, -0.25) is 4.90 Å². The van der Waals surface area contributed by atoms with E-state index in [0.29, 0.717) is 35.7 Å². The van der Waals surface area contributed by atoms with Gasteiger partial charge in [-0.1, -0.05) is 6.07 Å². The van der Waals surface area contributed by atoms with Crippen LogP contribution < -0.4 is 20.1 Å². The number of nitrogens with one attached hydrogen (secondary N) is 2. The van der Waals surface area contributed by atoms with Gasteiger partial charge in [0, 0.05) is 43.1 Å². The number of methoxy groups -OCH3 is 1. The van der Waals surface area contributed by atoms with E-state index >= 15 is 0 Å². The third-order valence-corrected chi connectivity index (χ3v) is 5.23. The molecule has 0 radical (unpaired) electrons. The Morgan fingerprint density at radius 3 is 2.39 bits per heavy atom. The normalized spacial score (nSPS) is 14.0. The molecule has 1 aliphatic rings. The topological polar surface area (TPSA) is 114 Å². The van der Waals surface area contributed by atoms with Gasteiger partial charge in [0.2, 0.25) is 11.9 Å². The fourth-order valence-electron chi connectivity index (χ4n) is 3.34. The highest BCUT2D eigenvalue weighted by Crippen LogP contribution is 2.31. The van der Waals surface area contributed by atoms with Crippen LogP contribution in [0.5, 0.6) is 17.2 Å². The van der Waals surface area contributed by atoms with Crippen molar-refractivity contribution in [3.63, 3.8) is 0 Å². The highest BCUT2D eigenvalue weighted by molar-refractivity contribution is 5.61. The Hall–Kier alpha value is -3.63. The second kappa shape index (κ2) is 10.8. The van der Waals surface area contributed by atoms with Gasteiger partial charge in [0.1, 0.15) is 18.7 Å². The van der Waals surface area contributed by atoms with Crippen molar-refractivity contribution >= 4 is 23.3 Å². The summed E-state index contributed by atoms with van der Waals surface area (Å²) in [6.45, 7) is 6.55. The molecule has 0 saturated carbocycles. The summed E-state index contributed by atoms with van der Waals surface area (Å²) in [6.07, 6.45) is 1.41. The summed E-state index contributed by atoms with van der Waals surface area (Å²) in [6, 6.07) is 10.8. The van der Waals surface area contributed by atoms with E-state index in [2.05, 4.69) is 30.5 Å². The van der Waals surface area contributed by atoms with Crippen molar-refractivity contribution in [2.24, 2.45) is 0 Å². The first-order valence-corrected chi connectivity index (χ1v) is 10.7. The van der Waals surface area contributed by atoms with Crippen molar-refractivity contribution < 1.29 is 19.3 Å². The first kappa shape index (κ1) is 22.6. The number of phenolic OH excluding ortho intramolecular Hbond substituents is 1. The third kappa shape index (κ3) is 6.21. The summed E-state index contributed by atoms with van der Waals surface area (Å²) < 4.78 is 16.8. The van der Waals surface area contributed by atoms with Gasteiger partial charge in [-0.2, -0.15) is 4.98 Å². The number of ether oxygens (including phenoxy) is 3. The highest BCUT2D eigenvalue weighted by Gasteiger charge is 2.12. The lowest BCUT2D eigenvalue weighted by atomic mass is 10.2. The molecule has 0 spiro atoms. The number of hydrogen-bond donors (Lipinski definition) is 3. The quantitative estimate of drug-likeness (QED) is 0.447. The zero-order valence-corrected chi connectivity index (χ0v) is 18.7. The summed E-state index contributed by atoms with van der Waals surface area (Å²) >= 11 is 0. The molecule has 4 rings (SSSR count). The predicted octanol–water partition coefficient (Wildman–Crippen LogP) is 3.09. The first-order chi connectivity index (χ1) is 16.1. The predicted molar refractivity (Wildman–Crippen MR) is 125 cm³/mol. The van der Waals surface area contributed by atoms with Gasteiger partial charge >= 0.3 is 0 Å². The first-order valence-electron chi connectivity index (χ1n) is 10.7. The minimum Gasteiger partial charge on any atom is -0.508 e. The zero-order valence-electron chi connectivity index (χ0n) is 18.7. The fourth-order valence-corrected chi connectivity index (χ4v) is 3.34. The number of nitrogens with zero attached hydrogens (tertiary/aromatic N) is 4. The molecule has 1 aromatic heterocycles. The Labute approximate surface area is 192 Å². The molecule has 0 unspecified atom stereocenters. The van der Waals surface area contributed by atoms with Gasteiger partial charge in [0.15, 0.2) is 11.5 Å². The second-order valence-corrected chi connectivity index (χ2v) is 7.55. The summed E-state index contributed by atoms with van der Waals surface area (Å²) in [4.78, 5) is 15.0. The lowest BCUT2D eigenvalue weighted by molar-refractivity contribution is 0.0321. The largest absolute Gasteiger partial charge is 0.508 e. The van der Waals surface area contributed by atoms with Crippen LogP contribution in [0.4, 0.5) is 23.3 Å². The van der Waals surface area contributed by atoms with Crippen molar-refractivity contribution in [3.8, 4) is 17.2 Å². The molecule has 174 valence electrons. The van der Waals surface area contributed by atoms with Crippen LogP contribution in [0.25, 0.3) is 0 Å². The van der Waals surface area contributed by atoms with Crippen molar-refractivity contribution in [3.05, 3.63) is 48.3 Å². The molecule has 33 heavy (non-hydrogen) atoms. The van der Waals surface area contributed by atoms with Gasteiger partial charge in [-0.25, -0.2) is 9.97 Å². The number of rotatable bonds is 9. The Bertz CT molecular complexity index is 1070. The molecule has 0 atom stereocenters. The number of benzene rings is 2. The molecule has 3 aromatic rings. The van der Waals surface area contributed by atoms with Crippen molar-refractivity contribution in [1.29, 1.82) is 0 Å². The van der Waals surface area contributed by atoms with E-state index < -0.39 is 0 Å². The summed E-state index contributed by atoms with van der Waals surface area (Å²) in [5, 5.41) is 16.1. The van der Waals surface area contributed by atoms with Crippen molar-refractivity contribution in [1.82, 2.24) is 19.9 Å². The van der Waals surface area contributed by atoms with E-state index in [1.807, 2.05) is 37.3 Å². The second-order valence-electron chi connectivity index (χ2n) is 7.55. The third-order valence-electron chi connectivity index (χ3n) is 5.23. The van der Waals surface area contributed by atoms with Gasteiger partial charge in [-0.15, -0.1) is 0 Å². The summed E-state index contributed by atoms with van der Waals surface area (Å²) in [5.41, 5.74) is 2.22. The smallest absolute Gasteiger partial charge is 0.232 e. The van der Waals surface area contributed by atoms with Crippen LogP contribution in [0.15, 0.2) is 42.7 Å². The van der Waals surface area contributed by atoms with Crippen LogP contribution in [-0.4, -0.2) is 71.5 Å². The molecular weight excluding hydrogens is 424 g/mol.